The summed E-state index contributed by atoms with van der Waals surface area (Å²) in [7, 11) is 0. The zero-order valence-corrected chi connectivity index (χ0v) is 24.3. The summed E-state index contributed by atoms with van der Waals surface area (Å²) in [6.07, 6.45) is 2.67. The van der Waals surface area contributed by atoms with Crippen molar-refractivity contribution >= 4 is 61.5 Å². The summed E-state index contributed by atoms with van der Waals surface area (Å²) >= 11 is 5.94. The molecule has 1 unspecified atom stereocenters. The van der Waals surface area contributed by atoms with Crippen molar-refractivity contribution < 1.29 is 9.59 Å². The lowest BCUT2D eigenvalue weighted by Gasteiger charge is -2.38. The number of benzene rings is 2. The predicted octanol–water partition coefficient (Wildman–Crippen LogP) is 5.90. The second kappa shape index (κ2) is 11.7. The van der Waals surface area contributed by atoms with Crippen LogP contribution in [0.1, 0.15) is 43.2 Å². The Kier molecular flexibility index (Phi) is 8.16. The van der Waals surface area contributed by atoms with E-state index in [9.17, 15) is 14.9 Å². The minimum Gasteiger partial charge on any atom is -0.384 e. The maximum absolute atomic E-state index is 13.3. The molecule has 1 aliphatic carbocycles. The van der Waals surface area contributed by atoms with E-state index < -0.39 is 5.92 Å². The van der Waals surface area contributed by atoms with Crippen molar-refractivity contribution in [3.8, 4) is 6.07 Å². The van der Waals surface area contributed by atoms with Crippen LogP contribution in [0.3, 0.4) is 0 Å². The van der Waals surface area contributed by atoms with Crippen molar-refractivity contribution in [3.63, 3.8) is 0 Å². The van der Waals surface area contributed by atoms with Crippen molar-refractivity contribution in [3.05, 3.63) is 86.8 Å². The fourth-order valence-corrected chi connectivity index (χ4v) is 6.91. The molecule has 1 amide bonds. The van der Waals surface area contributed by atoms with Gasteiger partial charge in [0, 0.05) is 27.9 Å². The topological polar surface area (TPSA) is 125 Å². The van der Waals surface area contributed by atoms with Gasteiger partial charge in [0.1, 0.15) is 5.82 Å². The molecule has 3 aromatic rings. The summed E-state index contributed by atoms with van der Waals surface area (Å²) in [6.45, 7) is 2.08. The Morgan fingerprint density at radius 3 is 2.77 bits per heavy atom. The van der Waals surface area contributed by atoms with Crippen LogP contribution in [0, 0.1) is 11.3 Å². The van der Waals surface area contributed by atoms with Crippen LogP contribution in [0.4, 0.5) is 10.8 Å². The number of ketones is 1. The molecular formula is C28H25BrN6O2S2. The molecule has 8 nitrogen and oxygen atoms in total. The van der Waals surface area contributed by atoms with Gasteiger partial charge >= 0.3 is 0 Å². The Morgan fingerprint density at radius 1 is 1.26 bits per heavy atom. The molecule has 11 heteroatoms. The predicted molar refractivity (Wildman–Crippen MR) is 157 cm³/mol. The molecule has 198 valence electrons. The Morgan fingerprint density at radius 2 is 2.05 bits per heavy atom. The molecule has 0 spiro atoms. The highest BCUT2D eigenvalue weighted by Gasteiger charge is 2.41. The average molecular weight is 622 g/mol. The van der Waals surface area contributed by atoms with E-state index in [2.05, 4.69) is 44.4 Å². The first kappa shape index (κ1) is 27.1. The van der Waals surface area contributed by atoms with Gasteiger partial charge in [-0.3, -0.25) is 14.5 Å². The van der Waals surface area contributed by atoms with Crippen LogP contribution in [-0.4, -0.2) is 27.6 Å². The third-order valence-corrected chi connectivity index (χ3v) is 9.19. The molecule has 3 N–H and O–H groups in total. The number of aryl methyl sites for hydroxylation is 1. The number of amides is 1. The fourth-order valence-electron chi connectivity index (χ4n) is 4.83. The number of nitrogens with zero attached hydrogens (tertiary/aromatic N) is 4. The standard InChI is InChI=1S/C28H25BrN6O2S2/c1-2-16-9-11-17(12-10-16)24-20(14-30)26(31)35(21-7-4-8-22(36)25(21)24)27-33-34-28(39-27)38-15-23(37)32-19-6-3-5-18(29)13-19/h3,5-6,9-13,24H,2,4,7-8,15,31H2,1H3,(H,32,37). The number of hydrogen-bond acceptors (Lipinski definition) is 9. The number of nitrogens with one attached hydrogen (secondary N) is 1. The molecule has 1 aromatic heterocycles. The smallest absolute Gasteiger partial charge is 0.234 e. The first-order valence-electron chi connectivity index (χ1n) is 12.5. The minimum absolute atomic E-state index is 0.0226. The van der Waals surface area contributed by atoms with Gasteiger partial charge in [0.2, 0.25) is 11.0 Å². The largest absolute Gasteiger partial charge is 0.384 e. The van der Waals surface area contributed by atoms with Gasteiger partial charge in [0.25, 0.3) is 0 Å². The van der Waals surface area contributed by atoms with E-state index in [1.165, 1.54) is 28.7 Å². The molecule has 0 radical (unpaired) electrons. The second-order valence-corrected chi connectivity index (χ2v) is 12.2. The SMILES string of the molecule is CCc1ccc(C2C(C#N)=C(N)N(c3nnc(SCC(=O)Nc4cccc(Br)c4)s3)C3=C2C(=O)CCC3)cc1. The lowest BCUT2D eigenvalue weighted by molar-refractivity contribution is -0.116. The fraction of sp³-hybridized carbons (Fsp3) is 0.250. The number of rotatable bonds is 7. The average Bonchev–Trinajstić information content (AvgIpc) is 3.40. The van der Waals surface area contributed by atoms with Crippen molar-refractivity contribution in [2.75, 3.05) is 16.0 Å². The normalized spacial score (nSPS) is 17.2. The van der Waals surface area contributed by atoms with Gasteiger partial charge < -0.3 is 11.1 Å². The Bertz CT molecular complexity index is 1540. The molecule has 2 heterocycles. The number of anilines is 2. The molecule has 5 rings (SSSR count). The van der Waals surface area contributed by atoms with Crippen molar-refractivity contribution in [1.29, 1.82) is 5.26 Å². The van der Waals surface area contributed by atoms with Crippen LogP contribution in [0.2, 0.25) is 0 Å². The summed E-state index contributed by atoms with van der Waals surface area (Å²) in [4.78, 5) is 27.5. The van der Waals surface area contributed by atoms with Crippen molar-refractivity contribution in [2.24, 2.45) is 5.73 Å². The highest BCUT2D eigenvalue weighted by atomic mass is 79.9. The number of halogens is 1. The first-order chi connectivity index (χ1) is 18.9. The van der Waals surface area contributed by atoms with E-state index in [0.717, 1.165) is 22.2 Å². The number of thioether (sulfide) groups is 1. The van der Waals surface area contributed by atoms with Crippen LogP contribution in [-0.2, 0) is 16.0 Å². The summed E-state index contributed by atoms with van der Waals surface area (Å²) in [5.74, 6) is -0.245. The number of allylic oxidation sites excluding steroid dienone is 3. The van der Waals surface area contributed by atoms with Gasteiger partial charge in [-0.2, -0.15) is 5.26 Å². The Hall–Kier alpha value is -3.46. The van der Waals surface area contributed by atoms with Crippen LogP contribution in [0.25, 0.3) is 0 Å². The number of nitrogens with two attached hydrogens (primary N) is 1. The zero-order valence-electron chi connectivity index (χ0n) is 21.1. The highest BCUT2D eigenvalue weighted by Crippen LogP contribution is 2.47. The molecule has 0 bridgehead atoms. The Balaban J connectivity index is 1.42. The van der Waals surface area contributed by atoms with E-state index in [0.29, 0.717) is 45.6 Å². The van der Waals surface area contributed by atoms with E-state index in [1.54, 1.807) is 4.90 Å². The van der Waals surface area contributed by atoms with Gasteiger partial charge in [-0.15, -0.1) is 10.2 Å². The summed E-state index contributed by atoms with van der Waals surface area (Å²) in [5, 5.41) is 22.1. The third-order valence-electron chi connectivity index (χ3n) is 6.66. The minimum atomic E-state index is -0.511. The lowest BCUT2D eigenvalue weighted by atomic mass is 9.75. The second-order valence-electron chi connectivity index (χ2n) is 9.11. The first-order valence-corrected chi connectivity index (χ1v) is 15.1. The molecule has 39 heavy (non-hydrogen) atoms. The zero-order chi connectivity index (χ0) is 27.5. The number of nitriles is 1. The summed E-state index contributed by atoms with van der Waals surface area (Å²) in [5.41, 5.74) is 11.1. The van der Waals surface area contributed by atoms with Crippen LogP contribution >= 0.6 is 39.0 Å². The van der Waals surface area contributed by atoms with E-state index in [1.807, 2.05) is 48.5 Å². The van der Waals surface area contributed by atoms with Gasteiger partial charge in [-0.1, -0.05) is 76.3 Å². The molecule has 0 saturated carbocycles. The summed E-state index contributed by atoms with van der Waals surface area (Å²) in [6, 6.07) is 17.7. The number of aromatic nitrogens is 2. The monoisotopic (exact) mass is 620 g/mol. The number of hydrogen-bond donors (Lipinski definition) is 2. The van der Waals surface area contributed by atoms with Crippen molar-refractivity contribution in [1.82, 2.24) is 10.2 Å². The number of carbonyl (C=O) groups excluding carboxylic acids is 2. The van der Waals surface area contributed by atoms with Gasteiger partial charge in [0.15, 0.2) is 10.1 Å². The van der Waals surface area contributed by atoms with Crippen LogP contribution in [0.5, 0.6) is 0 Å². The van der Waals surface area contributed by atoms with Gasteiger partial charge in [-0.25, -0.2) is 0 Å². The van der Waals surface area contributed by atoms with E-state index in [-0.39, 0.29) is 23.3 Å². The molecular weight excluding hydrogens is 596 g/mol. The molecule has 2 aliphatic rings. The van der Waals surface area contributed by atoms with Crippen LogP contribution < -0.4 is 16.0 Å². The highest BCUT2D eigenvalue weighted by molar-refractivity contribution is 9.10. The third kappa shape index (κ3) is 5.64. The molecule has 2 aromatic carbocycles. The summed E-state index contributed by atoms with van der Waals surface area (Å²) < 4.78 is 1.46. The molecule has 0 saturated heterocycles. The maximum atomic E-state index is 13.3. The van der Waals surface area contributed by atoms with E-state index >= 15 is 0 Å². The molecule has 0 fully saturated rings. The van der Waals surface area contributed by atoms with Crippen LogP contribution in [0.15, 0.2) is 80.0 Å². The Labute approximate surface area is 243 Å². The number of Topliss-reactive ketones (excluding diaryl/α,β-unsaturated/α-hetero) is 1. The quantitative estimate of drug-likeness (QED) is 0.313. The van der Waals surface area contributed by atoms with Gasteiger partial charge in [0.05, 0.1) is 23.3 Å². The molecule has 1 aliphatic heterocycles. The van der Waals surface area contributed by atoms with Gasteiger partial charge in [-0.05, 0) is 48.6 Å². The molecule has 1 atom stereocenters. The van der Waals surface area contributed by atoms with Crippen molar-refractivity contribution in [2.45, 2.75) is 42.9 Å². The lowest BCUT2D eigenvalue weighted by Crippen LogP contribution is -2.38. The van der Waals surface area contributed by atoms with E-state index in [4.69, 9.17) is 5.73 Å². The number of carbonyl (C=O) groups is 2. The maximum Gasteiger partial charge on any atom is 0.234 e.